The molecule has 146 valence electrons. The molecule has 0 spiro atoms. The Labute approximate surface area is 147 Å². The fourth-order valence-electron chi connectivity index (χ4n) is 1.53. The molecule has 0 amide bonds. The van der Waals surface area contributed by atoms with E-state index in [4.69, 9.17) is 9.84 Å². The average molecular weight is 399 g/mol. The van der Waals surface area contributed by atoms with Crippen LogP contribution in [0.5, 0.6) is 5.75 Å². The van der Waals surface area contributed by atoms with E-state index in [0.717, 1.165) is 24.3 Å². The van der Waals surface area contributed by atoms with Gasteiger partial charge in [0.1, 0.15) is 11.4 Å². The van der Waals surface area contributed by atoms with E-state index in [2.05, 4.69) is 9.50 Å². The molecule has 2 N–H and O–H groups in total. The molecule has 1 rings (SSSR count). The number of rotatable bonds is 6. The van der Waals surface area contributed by atoms with Crippen molar-refractivity contribution in [3.8, 4) is 5.75 Å². The van der Waals surface area contributed by atoms with Crippen LogP contribution in [-0.2, 0) is 24.4 Å². The van der Waals surface area contributed by atoms with Gasteiger partial charge in [-0.15, -0.1) is 0 Å². The third-order valence-corrected chi connectivity index (χ3v) is 3.52. The summed E-state index contributed by atoms with van der Waals surface area (Å²) in [5, 5.41) is 11.4. The van der Waals surface area contributed by atoms with Crippen molar-refractivity contribution in [2.75, 3.05) is 5.32 Å². The van der Waals surface area contributed by atoms with Crippen molar-refractivity contribution in [3.05, 3.63) is 24.3 Å². The molecule has 12 heteroatoms. The first-order chi connectivity index (χ1) is 11.6. The molecule has 0 radical (unpaired) electrons. The maximum atomic E-state index is 12.2. The Hall–Kier alpha value is -2.50. The maximum absolute atomic E-state index is 12.2. The van der Waals surface area contributed by atoms with Gasteiger partial charge < -0.3 is 19.3 Å². The zero-order chi connectivity index (χ0) is 20.3. The first-order valence-electron chi connectivity index (χ1n) is 6.95. The molecule has 8 nitrogen and oxygen atoms in total. The van der Waals surface area contributed by atoms with Gasteiger partial charge >= 0.3 is 27.6 Å². The number of hydrogen-bond donors (Lipinski definition) is 2. The largest absolute Gasteiger partial charge is 0.534 e. The summed E-state index contributed by atoms with van der Waals surface area (Å²) in [7, 11) is -5.82. The van der Waals surface area contributed by atoms with E-state index in [-0.39, 0.29) is 5.69 Å². The molecule has 1 aromatic carbocycles. The van der Waals surface area contributed by atoms with Crippen molar-refractivity contribution >= 4 is 27.7 Å². The van der Waals surface area contributed by atoms with Crippen LogP contribution in [0.1, 0.15) is 20.8 Å². The van der Waals surface area contributed by atoms with E-state index in [1.807, 2.05) is 0 Å². The molecule has 26 heavy (non-hydrogen) atoms. The van der Waals surface area contributed by atoms with Crippen LogP contribution in [0.15, 0.2) is 24.3 Å². The second-order valence-corrected chi connectivity index (χ2v) is 7.49. The van der Waals surface area contributed by atoms with Crippen molar-refractivity contribution in [2.45, 2.75) is 37.9 Å². The molecule has 0 aliphatic rings. The Balaban J connectivity index is 2.91. The van der Waals surface area contributed by atoms with Gasteiger partial charge in [0.25, 0.3) is 0 Å². The van der Waals surface area contributed by atoms with Crippen molar-refractivity contribution in [1.82, 2.24) is 0 Å². The summed E-state index contributed by atoms with van der Waals surface area (Å²) < 4.78 is 67.4. The number of esters is 1. The van der Waals surface area contributed by atoms with Crippen LogP contribution in [0.3, 0.4) is 0 Å². The summed E-state index contributed by atoms with van der Waals surface area (Å²) in [6.07, 6.45) is 0. The predicted octanol–water partition coefficient (Wildman–Crippen LogP) is 2.12. The summed E-state index contributed by atoms with van der Waals surface area (Å²) in [6, 6.07) is 2.03. The molecule has 0 fully saturated rings. The van der Waals surface area contributed by atoms with Gasteiger partial charge in [0.05, 0.1) is 0 Å². The minimum absolute atomic E-state index is 0.0139. The van der Waals surface area contributed by atoms with E-state index in [1.54, 1.807) is 0 Å². The highest BCUT2D eigenvalue weighted by Gasteiger charge is 2.48. The van der Waals surface area contributed by atoms with Crippen LogP contribution in [0.2, 0.25) is 0 Å². The Bertz CT molecular complexity index is 767. The van der Waals surface area contributed by atoms with Gasteiger partial charge in [-0.25, -0.2) is 9.59 Å². The minimum Gasteiger partial charge on any atom is -0.479 e. The first kappa shape index (κ1) is 21.5. The minimum atomic E-state index is -5.82. The summed E-state index contributed by atoms with van der Waals surface area (Å²) in [5.74, 6) is -3.26. The van der Waals surface area contributed by atoms with Crippen molar-refractivity contribution in [3.63, 3.8) is 0 Å². The van der Waals surface area contributed by atoms with Gasteiger partial charge in [-0.05, 0) is 45.0 Å². The van der Waals surface area contributed by atoms with Crippen LogP contribution in [0.4, 0.5) is 18.9 Å². The highest BCUT2D eigenvalue weighted by Crippen LogP contribution is 2.27. The molecule has 0 aromatic heterocycles. The third kappa shape index (κ3) is 6.10. The first-order valence-corrected chi connectivity index (χ1v) is 8.36. The van der Waals surface area contributed by atoms with Crippen molar-refractivity contribution in [1.29, 1.82) is 0 Å². The number of halogens is 3. The lowest BCUT2D eigenvalue weighted by molar-refractivity contribution is -0.160. The SMILES string of the molecule is CC(C)(C)OC(=O)[C@H](Nc1ccc(OS(=O)(=O)C(F)(F)F)cc1)C(=O)O. The van der Waals surface area contributed by atoms with Gasteiger partial charge in [-0.3, -0.25) is 0 Å². The third-order valence-electron chi connectivity index (χ3n) is 2.54. The number of carbonyl (C=O) groups is 2. The normalized spacial score (nSPS) is 13.6. The van der Waals surface area contributed by atoms with Crippen LogP contribution in [-0.4, -0.2) is 42.6 Å². The maximum Gasteiger partial charge on any atom is 0.534 e. The van der Waals surface area contributed by atoms with E-state index in [9.17, 15) is 31.2 Å². The van der Waals surface area contributed by atoms with Gasteiger partial charge in [-0.2, -0.15) is 21.6 Å². The van der Waals surface area contributed by atoms with Gasteiger partial charge in [0, 0.05) is 5.69 Å². The summed E-state index contributed by atoms with van der Waals surface area (Å²) in [6.45, 7) is 4.62. The van der Waals surface area contributed by atoms with Crippen molar-refractivity contribution < 1.29 is 45.2 Å². The summed E-state index contributed by atoms with van der Waals surface area (Å²) >= 11 is 0. The molecule has 0 saturated heterocycles. The second kappa shape index (κ2) is 7.40. The Morgan fingerprint density at radius 2 is 1.62 bits per heavy atom. The Morgan fingerprint density at radius 3 is 2.00 bits per heavy atom. The monoisotopic (exact) mass is 399 g/mol. The number of aliphatic carboxylic acids is 1. The van der Waals surface area contributed by atoms with Gasteiger partial charge in [-0.1, -0.05) is 0 Å². The highest BCUT2D eigenvalue weighted by atomic mass is 32.2. The van der Waals surface area contributed by atoms with Crippen LogP contribution >= 0.6 is 0 Å². The smallest absolute Gasteiger partial charge is 0.479 e. The molecule has 0 bridgehead atoms. The second-order valence-electron chi connectivity index (χ2n) is 5.96. The number of anilines is 1. The fraction of sp³-hybridized carbons (Fsp3) is 0.429. The summed E-state index contributed by atoms with van der Waals surface area (Å²) in [5.41, 5.74) is -6.51. The number of ether oxygens (including phenoxy) is 1. The molecular formula is C14H16F3NO7S. The highest BCUT2D eigenvalue weighted by molar-refractivity contribution is 7.88. The zero-order valence-corrected chi connectivity index (χ0v) is 14.6. The van der Waals surface area contributed by atoms with E-state index >= 15 is 0 Å². The lowest BCUT2D eigenvalue weighted by atomic mass is 10.2. The van der Waals surface area contributed by atoms with E-state index in [0.29, 0.717) is 0 Å². The fourth-order valence-corrected chi connectivity index (χ4v) is 1.99. The number of nitrogens with one attached hydrogen (secondary N) is 1. The number of carboxylic acid groups (broad SMARTS) is 1. The Kier molecular flexibility index (Phi) is 6.13. The number of hydrogen-bond acceptors (Lipinski definition) is 7. The molecule has 0 aliphatic carbocycles. The quantitative estimate of drug-likeness (QED) is 0.323. The number of alkyl halides is 3. The summed E-state index contributed by atoms with van der Waals surface area (Å²) in [4.78, 5) is 23.1. The topological polar surface area (TPSA) is 119 Å². The Morgan fingerprint density at radius 1 is 1.12 bits per heavy atom. The molecule has 0 heterocycles. The van der Waals surface area contributed by atoms with Crippen LogP contribution < -0.4 is 9.50 Å². The van der Waals surface area contributed by atoms with Gasteiger partial charge in [0.15, 0.2) is 0 Å². The van der Waals surface area contributed by atoms with Crippen LogP contribution in [0.25, 0.3) is 0 Å². The molecule has 0 aliphatic heterocycles. The molecule has 0 unspecified atom stereocenters. The van der Waals surface area contributed by atoms with E-state index in [1.165, 1.54) is 20.8 Å². The lowest BCUT2D eigenvalue weighted by Crippen LogP contribution is -2.42. The average Bonchev–Trinajstić information content (AvgIpc) is 2.42. The predicted molar refractivity (Wildman–Crippen MR) is 82.9 cm³/mol. The molecular weight excluding hydrogens is 383 g/mol. The molecule has 1 aromatic rings. The molecule has 1 atom stereocenters. The van der Waals surface area contributed by atoms with Gasteiger partial charge in [0.2, 0.25) is 6.04 Å². The van der Waals surface area contributed by atoms with Crippen molar-refractivity contribution in [2.24, 2.45) is 0 Å². The number of carboxylic acids is 1. The number of carbonyl (C=O) groups excluding carboxylic acids is 1. The molecule has 0 saturated carbocycles. The van der Waals surface area contributed by atoms with Crippen LogP contribution in [0, 0.1) is 0 Å². The lowest BCUT2D eigenvalue weighted by Gasteiger charge is -2.23. The van der Waals surface area contributed by atoms with E-state index < -0.39 is 45.0 Å². The number of benzene rings is 1. The zero-order valence-electron chi connectivity index (χ0n) is 13.8. The standard InChI is InChI=1S/C14H16F3NO7S/c1-13(2,3)24-12(21)10(11(19)20)18-8-4-6-9(7-5-8)25-26(22,23)14(15,16)17/h4-7,10,18H,1-3H3,(H,19,20)/t10-/m1/s1.